The first kappa shape index (κ1) is 25.2. The Kier molecular flexibility index (Phi) is 7.53. The number of anilines is 1. The van der Waals surface area contributed by atoms with Crippen molar-refractivity contribution in [2.75, 3.05) is 12.4 Å². The third-order valence-electron chi connectivity index (χ3n) is 6.81. The Balaban J connectivity index is 1.50. The summed E-state index contributed by atoms with van der Waals surface area (Å²) in [5.41, 5.74) is 5.87. The fourth-order valence-corrected chi connectivity index (χ4v) is 4.84. The van der Waals surface area contributed by atoms with Gasteiger partial charge in [0.05, 0.1) is 13.2 Å². The van der Waals surface area contributed by atoms with E-state index in [2.05, 4.69) is 12.2 Å². The Bertz CT molecular complexity index is 1270. The largest absolute Gasteiger partial charge is 0.467 e. The minimum atomic E-state index is -0.612. The second-order valence-electron chi connectivity index (χ2n) is 9.12. The van der Waals surface area contributed by atoms with Crippen molar-refractivity contribution in [1.29, 1.82) is 0 Å². The quantitative estimate of drug-likeness (QED) is 0.396. The summed E-state index contributed by atoms with van der Waals surface area (Å²) in [6.45, 7) is 5.94. The molecular formula is C30H32N2O4. The zero-order valence-electron chi connectivity index (χ0n) is 21.2. The van der Waals surface area contributed by atoms with Crippen LogP contribution in [-0.2, 0) is 16.0 Å². The van der Waals surface area contributed by atoms with Gasteiger partial charge in [-0.1, -0.05) is 56.7 Å². The van der Waals surface area contributed by atoms with Gasteiger partial charge in [0.25, 0.3) is 11.8 Å². The molecule has 0 spiro atoms. The van der Waals surface area contributed by atoms with E-state index in [-0.39, 0.29) is 17.9 Å². The zero-order valence-corrected chi connectivity index (χ0v) is 21.2. The lowest BCUT2D eigenvalue weighted by atomic mass is 9.98. The number of benzene rings is 3. The van der Waals surface area contributed by atoms with E-state index in [1.807, 2.05) is 80.6 Å². The highest BCUT2D eigenvalue weighted by atomic mass is 16.5. The second-order valence-corrected chi connectivity index (χ2v) is 9.12. The van der Waals surface area contributed by atoms with Crippen LogP contribution in [0.1, 0.15) is 71.5 Å². The summed E-state index contributed by atoms with van der Waals surface area (Å²) in [5, 5.41) is 2.94. The predicted molar refractivity (Wildman–Crippen MR) is 141 cm³/mol. The number of rotatable bonds is 8. The van der Waals surface area contributed by atoms with Crippen LogP contribution >= 0.6 is 0 Å². The van der Waals surface area contributed by atoms with Crippen molar-refractivity contribution >= 4 is 23.5 Å². The highest BCUT2D eigenvalue weighted by Crippen LogP contribution is 2.38. The fraction of sp³-hybridized carbons (Fsp3) is 0.300. The van der Waals surface area contributed by atoms with Crippen LogP contribution in [0.5, 0.6) is 0 Å². The topological polar surface area (TPSA) is 75.7 Å². The molecule has 0 bridgehead atoms. The summed E-state index contributed by atoms with van der Waals surface area (Å²) >= 11 is 0. The molecule has 36 heavy (non-hydrogen) atoms. The van der Waals surface area contributed by atoms with Crippen LogP contribution in [0.4, 0.5) is 5.69 Å². The number of nitrogens with one attached hydrogen (secondary N) is 1. The third-order valence-corrected chi connectivity index (χ3v) is 6.81. The standard InChI is InChI=1S/C30H32N2O4/c1-5-7-20-8-10-22(11-9-20)28(33)31-24-15-12-21(13-16-24)23-14-17-25-19(3)32(29(34)26(25)18-23)27(6-2)30(35)36-4/h8-19,27H,5-7H2,1-4H3,(H,31,33). The molecule has 2 atom stereocenters. The number of nitrogens with zero attached hydrogens (tertiary/aromatic N) is 1. The lowest BCUT2D eigenvalue weighted by molar-refractivity contribution is -0.146. The van der Waals surface area contributed by atoms with Crippen LogP contribution < -0.4 is 5.32 Å². The van der Waals surface area contributed by atoms with E-state index in [1.54, 1.807) is 4.90 Å². The second kappa shape index (κ2) is 10.8. The van der Waals surface area contributed by atoms with Gasteiger partial charge in [-0.3, -0.25) is 9.59 Å². The van der Waals surface area contributed by atoms with E-state index < -0.39 is 12.0 Å². The van der Waals surface area contributed by atoms with Gasteiger partial charge in [-0.05, 0) is 72.4 Å². The average Bonchev–Trinajstić information content (AvgIpc) is 3.14. The molecule has 0 saturated heterocycles. The van der Waals surface area contributed by atoms with Crippen molar-refractivity contribution in [3.8, 4) is 11.1 Å². The molecule has 1 aliphatic heterocycles. The molecule has 0 radical (unpaired) electrons. The van der Waals surface area contributed by atoms with Crippen LogP contribution in [0.15, 0.2) is 66.7 Å². The van der Waals surface area contributed by atoms with Crippen molar-refractivity contribution in [3.63, 3.8) is 0 Å². The summed E-state index contributed by atoms with van der Waals surface area (Å²) in [6.07, 6.45) is 2.55. The van der Waals surface area contributed by atoms with E-state index in [4.69, 9.17) is 4.74 Å². The molecular weight excluding hydrogens is 452 g/mol. The van der Waals surface area contributed by atoms with E-state index in [9.17, 15) is 14.4 Å². The first-order valence-electron chi connectivity index (χ1n) is 12.4. The van der Waals surface area contributed by atoms with Gasteiger partial charge in [-0.25, -0.2) is 4.79 Å². The van der Waals surface area contributed by atoms with Gasteiger partial charge in [0.1, 0.15) is 6.04 Å². The van der Waals surface area contributed by atoms with Crippen LogP contribution in [0.25, 0.3) is 11.1 Å². The Morgan fingerprint density at radius 2 is 1.64 bits per heavy atom. The molecule has 0 fully saturated rings. The zero-order chi connectivity index (χ0) is 25.8. The molecule has 2 amide bonds. The van der Waals surface area contributed by atoms with Gasteiger partial charge in [-0.15, -0.1) is 0 Å². The molecule has 4 rings (SSSR count). The molecule has 0 aromatic heterocycles. The molecule has 2 unspecified atom stereocenters. The minimum absolute atomic E-state index is 0.154. The highest BCUT2D eigenvalue weighted by Gasteiger charge is 2.41. The van der Waals surface area contributed by atoms with E-state index in [0.717, 1.165) is 29.5 Å². The van der Waals surface area contributed by atoms with Crippen molar-refractivity contribution < 1.29 is 19.1 Å². The molecule has 1 aliphatic rings. The minimum Gasteiger partial charge on any atom is -0.467 e. The lowest BCUT2D eigenvalue weighted by Crippen LogP contribution is -2.43. The van der Waals surface area contributed by atoms with Crippen LogP contribution in [0, 0.1) is 0 Å². The van der Waals surface area contributed by atoms with E-state index >= 15 is 0 Å². The number of carbonyl (C=O) groups excluding carboxylic acids is 3. The number of methoxy groups -OCH3 is 1. The Morgan fingerprint density at radius 3 is 2.25 bits per heavy atom. The molecule has 1 N–H and O–H groups in total. The maximum absolute atomic E-state index is 13.2. The molecule has 1 heterocycles. The first-order valence-corrected chi connectivity index (χ1v) is 12.4. The number of amides is 2. The number of ether oxygens (including phenoxy) is 1. The maximum atomic E-state index is 13.2. The number of hydrogen-bond donors (Lipinski definition) is 1. The fourth-order valence-electron chi connectivity index (χ4n) is 4.84. The molecule has 3 aromatic carbocycles. The summed E-state index contributed by atoms with van der Waals surface area (Å²) in [4.78, 5) is 39.8. The summed E-state index contributed by atoms with van der Waals surface area (Å²) in [6, 6.07) is 20.2. The number of hydrogen-bond acceptors (Lipinski definition) is 4. The molecule has 3 aromatic rings. The van der Waals surface area contributed by atoms with Gasteiger partial charge in [0.15, 0.2) is 0 Å². The lowest BCUT2D eigenvalue weighted by Gasteiger charge is -2.29. The Morgan fingerprint density at radius 1 is 0.972 bits per heavy atom. The monoisotopic (exact) mass is 484 g/mol. The summed E-state index contributed by atoms with van der Waals surface area (Å²) in [7, 11) is 1.34. The summed E-state index contributed by atoms with van der Waals surface area (Å²) in [5.74, 6) is -0.718. The smallest absolute Gasteiger partial charge is 0.328 e. The molecule has 6 heteroatoms. The number of esters is 1. The maximum Gasteiger partial charge on any atom is 0.328 e. The molecule has 0 saturated carbocycles. The third kappa shape index (κ3) is 4.89. The first-order chi connectivity index (χ1) is 17.4. The molecule has 186 valence electrons. The Labute approximate surface area is 212 Å². The summed E-state index contributed by atoms with van der Waals surface area (Å²) < 4.78 is 4.92. The van der Waals surface area contributed by atoms with Crippen molar-refractivity contribution in [3.05, 3.63) is 89.0 Å². The Hall–Kier alpha value is -3.93. The van der Waals surface area contributed by atoms with Gasteiger partial charge >= 0.3 is 5.97 Å². The SMILES string of the molecule is CCCc1ccc(C(=O)Nc2ccc(-c3ccc4c(c3)C(=O)N(C(CC)C(=O)OC)C4C)cc2)cc1. The van der Waals surface area contributed by atoms with Crippen molar-refractivity contribution in [1.82, 2.24) is 4.90 Å². The van der Waals surface area contributed by atoms with Crippen LogP contribution in [0.2, 0.25) is 0 Å². The van der Waals surface area contributed by atoms with Gasteiger partial charge in [-0.2, -0.15) is 0 Å². The van der Waals surface area contributed by atoms with Crippen LogP contribution in [0.3, 0.4) is 0 Å². The average molecular weight is 485 g/mol. The number of carbonyl (C=O) groups is 3. The molecule has 0 aliphatic carbocycles. The normalized spacial score (nSPS) is 15.4. The van der Waals surface area contributed by atoms with Crippen LogP contribution in [-0.4, -0.2) is 35.8 Å². The molecule has 6 nitrogen and oxygen atoms in total. The van der Waals surface area contributed by atoms with Gasteiger partial charge in [0.2, 0.25) is 0 Å². The number of fused-ring (bicyclic) bond motifs is 1. The van der Waals surface area contributed by atoms with E-state index in [0.29, 0.717) is 23.2 Å². The number of aryl methyl sites for hydroxylation is 1. The van der Waals surface area contributed by atoms with Crippen molar-refractivity contribution in [2.24, 2.45) is 0 Å². The van der Waals surface area contributed by atoms with Gasteiger partial charge in [0, 0.05) is 16.8 Å². The predicted octanol–water partition coefficient (Wildman–Crippen LogP) is 6.03. The van der Waals surface area contributed by atoms with Crippen molar-refractivity contribution in [2.45, 2.75) is 52.1 Å². The van der Waals surface area contributed by atoms with E-state index in [1.165, 1.54) is 12.7 Å². The highest BCUT2D eigenvalue weighted by molar-refractivity contribution is 6.04. The van der Waals surface area contributed by atoms with Gasteiger partial charge < -0.3 is 15.0 Å².